The van der Waals surface area contributed by atoms with Crippen molar-refractivity contribution >= 4 is 29.2 Å². The number of nitrogens with one attached hydrogen (secondary N) is 1. The molecule has 0 unspecified atom stereocenters. The van der Waals surface area contributed by atoms with Crippen LogP contribution in [0.2, 0.25) is 0 Å². The topological polar surface area (TPSA) is 97.6 Å². The molecule has 9 heteroatoms. The lowest BCUT2D eigenvalue weighted by Crippen LogP contribution is -2.32. The van der Waals surface area contributed by atoms with Gasteiger partial charge in [0.2, 0.25) is 5.91 Å². The maximum atomic E-state index is 12.3. The third kappa shape index (κ3) is 5.85. The van der Waals surface area contributed by atoms with E-state index in [1.807, 2.05) is 12.1 Å². The van der Waals surface area contributed by atoms with Crippen LogP contribution in [-0.4, -0.2) is 41.8 Å². The number of nitro benzene ring substituents is 1. The molecule has 1 amide bonds. The number of aromatic nitrogens is 1. The molecule has 1 N–H and O–H groups in total. The molecule has 1 aromatic carbocycles. The number of pyridine rings is 1. The number of ether oxygens (including phenoxy) is 1. The number of rotatable bonds is 9. The number of amides is 1. The molecule has 3 rings (SSSR count). The summed E-state index contributed by atoms with van der Waals surface area (Å²) in [7, 11) is 1.40. The molecule has 30 heavy (non-hydrogen) atoms. The number of thioether (sulfide) groups is 1. The molecule has 0 aliphatic carbocycles. The smallest absolute Gasteiger partial charge is 0.311 e. The second-order valence-corrected chi connectivity index (χ2v) is 8.05. The fourth-order valence-electron chi connectivity index (χ4n) is 3.43. The van der Waals surface area contributed by atoms with Crippen LogP contribution in [0.3, 0.4) is 0 Å². The lowest BCUT2D eigenvalue weighted by molar-refractivity contribution is -0.385. The number of hydrogen-bond donors (Lipinski definition) is 1. The molecular weight excluding hydrogens is 404 g/mol. The summed E-state index contributed by atoms with van der Waals surface area (Å²) >= 11 is 1.41. The highest BCUT2D eigenvalue weighted by atomic mass is 32.2. The van der Waals surface area contributed by atoms with E-state index in [1.54, 1.807) is 18.3 Å². The molecule has 160 valence electrons. The highest BCUT2D eigenvalue weighted by Gasteiger charge is 2.17. The van der Waals surface area contributed by atoms with Gasteiger partial charge in [-0.05, 0) is 37.0 Å². The standard InChI is InChI=1S/C21H26N4O4S/c1-29-19-8-7-16(12-18(19)25(27)28)14-30-15-20(26)23-13-17-6-5-9-22-21(17)24-10-3-2-4-11-24/h5-9,12H,2-4,10-11,13-15H2,1H3,(H,23,26). The van der Waals surface area contributed by atoms with E-state index in [0.717, 1.165) is 30.0 Å². The Labute approximate surface area is 180 Å². The number of hydrogen-bond acceptors (Lipinski definition) is 7. The van der Waals surface area contributed by atoms with Gasteiger partial charge in [-0.3, -0.25) is 14.9 Å². The number of carbonyl (C=O) groups is 1. The van der Waals surface area contributed by atoms with Gasteiger partial charge in [-0.2, -0.15) is 0 Å². The Kier molecular flexibility index (Phi) is 7.89. The highest BCUT2D eigenvalue weighted by Crippen LogP contribution is 2.29. The summed E-state index contributed by atoms with van der Waals surface area (Å²) in [6.07, 6.45) is 5.38. The van der Waals surface area contributed by atoms with E-state index in [1.165, 1.54) is 44.2 Å². The first-order valence-electron chi connectivity index (χ1n) is 9.93. The minimum absolute atomic E-state index is 0.0677. The highest BCUT2D eigenvalue weighted by molar-refractivity contribution is 7.99. The van der Waals surface area contributed by atoms with Gasteiger partial charge in [-0.1, -0.05) is 12.1 Å². The van der Waals surface area contributed by atoms with Gasteiger partial charge in [-0.15, -0.1) is 11.8 Å². The van der Waals surface area contributed by atoms with Gasteiger partial charge in [-0.25, -0.2) is 4.98 Å². The fourth-order valence-corrected chi connectivity index (χ4v) is 4.24. The summed E-state index contributed by atoms with van der Waals surface area (Å²) in [5, 5.41) is 14.1. The lowest BCUT2D eigenvalue weighted by atomic mass is 10.1. The van der Waals surface area contributed by atoms with Crippen LogP contribution in [-0.2, 0) is 17.1 Å². The molecular formula is C21H26N4O4S. The molecule has 1 saturated heterocycles. The van der Waals surface area contributed by atoms with Crippen LogP contribution in [0.25, 0.3) is 0 Å². The molecule has 2 heterocycles. The molecule has 1 fully saturated rings. The van der Waals surface area contributed by atoms with Crippen LogP contribution in [0.5, 0.6) is 5.75 Å². The van der Waals surface area contributed by atoms with E-state index in [-0.39, 0.29) is 23.1 Å². The molecule has 0 saturated carbocycles. The number of piperidine rings is 1. The monoisotopic (exact) mass is 430 g/mol. The minimum atomic E-state index is -0.465. The number of nitro groups is 1. The summed E-state index contributed by atoms with van der Waals surface area (Å²) in [6.45, 7) is 2.44. The van der Waals surface area contributed by atoms with E-state index in [0.29, 0.717) is 12.3 Å². The molecule has 0 atom stereocenters. The maximum Gasteiger partial charge on any atom is 0.311 e. The predicted molar refractivity (Wildman–Crippen MR) is 118 cm³/mol. The van der Waals surface area contributed by atoms with Crippen LogP contribution in [0.1, 0.15) is 30.4 Å². The van der Waals surface area contributed by atoms with Gasteiger partial charge < -0.3 is 15.0 Å². The minimum Gasteiger partial charge on any atom is -0.490 e. The summed E-state index contributed by atoms with van der Waals surface area (Å²) in [6, 6.07) is 8.74. The maximum absolute atomic E-state index is 12.3. The SMILES string of the molecule is COc1ccc(CSCC(=O)NCc2cccnc2N2CCCCC2)cc1[N+](=O)[O-]. The van der Waals surface area contributed by atoms with Crippen molar-refractivity contribution in [3.8, 4) is 5.75 Å². The summed E-state index contributed by atoms with van der Waals surface area (Å²) < 4.78 is 5.01. The Balaban J connectivity index is 1.49. The van der Waals surface area contributed by atoms with Crippen LogP contribution in [0.15, 0.2) is 36.5 Å². The van der Waals surface area contributed by atoms with Crippen molar-refractivity contribution in [1.82, 2.24) is 10.3 Å². The second-order valence-electron chi connectivity index (χ2n) is 7.07. The van der Waals surface area contributed by atoms with Crippen molar-refractivity contribution in [3.63, 3.8) is 0 Å². The van der Waals surface area contributed by atoms with Crippen molar-refractivity contribution in [2.24, 2.45) is 0 Å². The zero-order valence-corrected chi connectivity index (χ0v) is 17.8. The van der Waals surface area contributed by atoms with Crippen LogP contribution < -0.4 is 15.0 Å². The summed E-state index contributed by atoms with van der Waals surface area (Å²) in [5.74, 6) is 1.89. The summed E-state index contributed by atoms with van der Waals surface area (Å²) in [5.41, 5.74) is 1.73. The molecule has 2 aromatic rings. The van der Waals surface area contributed by atoms with E-state index in [4.69, 9.17) is 4.74 Å². The zero-order chi connectivity index (χ0) is 21.3. The van der Waals surface area contributed by atoms with Crippen molar-refractivity contribution in [3.05, 3.63) is 57.8 Å². The van der Waals surface area contributed by atoms with Gasteiger partial charge in [0.05, 0.1) is 17.8 Å². The number of benzene rings is 1. The Hall–Kier alpha value is -2.81. The van der Waals surface area contributed by atoms with Gasteiger partial charge in [0.25, 0.3) is 0 Å². The van der Waals surface area contributed by atoms with Crippen molar-refractivity contribution < 1.29 is 14.5 Å². The third-order valence-electron chi connectivity index (χ3n) is 4.94. The van der Waals surface area contributed by atoms with Gasteiger partial charge in [0, 0.05) is 43.2 Å². The summed E-state index contributed by atoms with van der Waals surface area (Å²) in [4.78, 5) is 29.7. The van der Waals surface area contributed by atoms with E-state index in [9.17, 15) is 14.9 Å². The molecule has 1 aliphatic rings. The molecule has 0 bridgehead atoms. The molecule has 1 aromatic heterocycles. The number of methoxy groups -OCH3 is 1. The van der Waals surface area contributed by atoms with Gasteiger partial charge in [0.1, 0.15) is 5.82 Å². The Morgan fingerprint density at radius 1 is 1.30 bits per heavy atom. The van der Waals surface area contributed by atoms with Crippen molar-refractivity contribution in [2.75, 3.05) is 30.9 Å². The number of anilines is 1. The quantitative estimate of drug-likeness (QED) is 0.480. The Morgan fingerprint density at radius 2 is 2.10 bits per heavy atom. The molecule has 0 radical (unpaired) electrons. The first-order valence-corrected chi connectivity index (χ1v) is 11.1. The Morgan fingerprint density at radius 3 is 2.83 bits per heavy atom. The van der Waals surface area contributed by atoms with E-state index >= 15 is 0 Å². The molecule has 8 nitrogen and oxygen atoms in total. The largest absolute Gasteiger partial charge is 0.490 e. The second kappa shape index (κ2) is 10.8. The number of carbonyl (C=O) groups excluding carboxylic acids is 1. The zero-order valence-electron chi connectivity index (χ0n) is 17.0. The van der Waals surface area contributed by atoms with Crippen molar-refractivity contribution in [2.45, 2.75) is 31.6 Å². The van der Waals surface area contributed by atoms with Crippen LogP contribution in [0, 0.1) is 10.1 Å². The van der Waals surface area contributed by atoms with Crippen LogP contribution in [0.4, 0.5) is 11.5 Å². The molecule has 1 aliphatic heterocycles. The van der Waals surface area contributed by atoms with E-state index < -0.39 is 4.92 Å². The average Bonchev–Trinajstić information content (AvgIpc) is 2.78. The molecule has 0 spiro atoms. The van der Waals surface area contributed by atoms with Gasteiger partial charge in [0.15, 0.2) is 5.75 Å². The van der Waals surface area contributed by atoms with E-state index in [2.05, 4.69) is 15.2 Å². The third-order valence-corrected chi connectivity index (χ3v) is 5.94. The lowest BCUT2D eigenvalue weighted by Gasteiger charge is -2.29. The fraction of sp³-hybridized carbons (Fsp3) is 0.429. The first-order chi connectivity index (χ1) is 14.6. The average molecular weight is 431 g/mol. The first kappa shape index (κ1) is 21.9. The van der Waals surface area contributed by atoms with Crippen molar-refractivity contribution in [1.29, 1.82) is 0 Å². The van der Waals surface area contributed by atoms with Crippen LogP contribution >= 0.6 is 11.8 Å². The number of nitrogens with zero attached hydrogens (tertiary/aromatic N) is 3. The normalized spacial score (nSPS) is 13.7. The predicted octanol–water partition coefficient (Wildman–Crippen LogP) is 3.54. The Bertz CT molecular complexity index is 887. The van der Waals surface area contributed by atoms with Gasteiger partial charge >= 0.3 is 5.69 Å².